The maximum absolute atomic E-state index is 13.4. The highest BCUT2D eigenvalue weighted by Crippen LogP contribution is 2.25. The Balaban J connectivity index is 2.55. The molecule has 16 heavy (non-hydrogen) atoms. The second kappa shape index (κ2) is 3.69. The third-order valence-corrected chi connectivity index (χ3v) is 1.92. The highest BCUT2D eigenvalue weighted by molar-refractivity contribution is 5.58. The van der Waals surface area contributed by atoms with Crippen LogP contribution in [-0.4, -0.2) is 15.1 Å². The van der Waals surface area contributed by atoms with Crippen molar-refractivity contribution in [1.29, 1.82) is 0 Å². The van der Waals surface area contributed by atoms with Crippen molar-refractivity contribution in [2.75, 3.05) is 0 Å². The quantitative estimate of drug-likeness (QED) is 0.575. The number of nitro groups is 1. The Labute approximate surface area is 88.9 Å². The summed E-state index contributed by atoms with van der Waals surface area (Å²) in [6.45, 7) is 1.55. The van der Waals surface area contributed by atoms with Crippen molar-refractivity contribution in [1.82, 2.24) is 10.2 Å². The maximum Gasteiger partial charge on any atom is 0.270 e. The minimum Gasteiger partial charge on any atom is -0.421 e. The van der Waals surface area contributed by atoms with Crippen molar-refractivity contribution in [2.24, 2.45) is 0 Å². The monoisotopic (exact) mass is 223 g/mol. The van der Waals surface area contributed by atoms with E-state index in [1.54, 1.807) is 6.92 Å². The van der Waals surface area contributed by atoms with Gasteiger partial charge in [-0.05, 0) is 6.07 Å². The van der Waals surface area contributed by atoms with E-state index in [4.69, 9.17) is 4.42 Å². The van der Waals surface area contributed by atoms with Crippen molar-refractivity contribution in [2.45, 2.75) is 6.92 Å². The van der Waals surface area contributed by atoms with Gasteiger partial charge in [-0.1, -0.05) is 0 Å². The third kappa shape index (κ3) is 1.74. The van der Waals surface area contributed by atoms with Gasteiger partial charge in [-0.15, -0.1) is 10.2 Å². The van der Waals surface area contributed by atoms with Crippen LogP contribution in [0.5, 0.6) is 0 Å². The van der Waals surface area contributed by atoms with E-state index in [0.717, 1.165) is 18.2 Å². The van der Waals surface area contributed by atoms with Crippen LogP contribution in [0.25, 0.3) is 11.5 Å². The largest absolute Gasteiger partial charge is 0.421 e. The molecule has 0 bridgehead atoms. The molecule has 0 aliphatic heterocycles. The zero-order valence-corrected chi connectivity index (χ0v) is 8.18. The van der Waals surface area contributed by atoms with E-state index in [1.807, 2.05) is 0 Å². The highest BCUT2D eigenvalue weighted by Gasteiger charge is 2.16. The minimum atomic E-state index is -0.644. The Morgan fingerprint density at radius 2 is 2.19 bits per heavy atom. The highest BCUT2D eigenvalue weighted by atomic mass is 19.1. The van der Waals surface area contributed by atoms with E-state index in [-0.39, 0.29) is 23.0 Å². The predicted octanol–water partition coefficient (Wildman–Crippen LogP) is 2.09. The van der Waals surface area contributed by atoms with Gasteiger partial charge in [0.15, 0.2) is 0 Å². The number of benzene rings is 1. The van der Waals surface area contributed by atoms with E-state index in [9.17, 15) is 14.5 Å². The summed E-state index contributed by atoms with van der Waals surface area (Å²) in [5.74, 6) is -0.450. The molecule has 0 saturated carbocycles. The molecule has 6 nitrogen and oxygen atoms in total. The molecule has 1 aromatic heterocycles. The third-order valence-electron chi connectivity index (χ3n) is 1.92. The van der Waals surface area contributed by atoms with Crippen LogP contribution >= 0.6 is 0 Å². The number of non-ortho nitro benzene ring substituents is 1. The molecule has 0 unspecified atom stereocenters. The van der Waals surface area contributed by atoms with Crippen molar-refractivity contribution >= 4 is 5.69 Å². The normalized spacial score (nSPS) is 10.4. The second-order valence-electron chi connectivity index (χ2n) is 3.05. The Kier molecular flexibility index (Phi) is 2.35. The van der Waals surface area contributed by atoms with Gasteiger partial charge in [0, 0.05) is 19.1 Å². The summed E-state index contributed by atoms with van der Waals surface area (Å²) in [5.41, 5.74) is -0.304. The van der Waals surface area contributed by atoms with Crippen LogP contribution in [0.1, 0.15) is 5.89 Å². The standard InChI is InChI=1S/C9H6FN3O3/c1-5-11-12-9(16-5)7-4-6(13(14)15)2-3-8(7)10/h2-4H,1H3. The van der Waals surface area contributed by atoms with Gasteiger partial charge >= 0.3 is 0 Å². The summed E-state index contributed by atoms with van der Waals surface area (Å²) in [4.78, 5) is 9.90. The molecule has 0 atom stereocenters. The number of nitro benzene ring substituents is 1. The minimum absolute atomic E-state index is 0.0706. The molecule has 1 heterocycles. The van der Waals surface area contributed by atoms with Gasteiger partial charge in [-0.25, -0.2) is 4.39 Å². The average molecular weight is 223 g/mol. The summed E-state index contributed by atoms with van der Waals surface area (Å²) in [7, 11) is 0. The molecule has 0 amide bonds. The van der Waals surface area contributed by atoms with Gasteiger partial charge in [0.2, 0.25) is 5.89 Å². The van der Waals surface area contributed by atoms with E-state index < -0.39 is 10.7 Å². The molecule has 2 rings (SSSR count). The first-order chi connectivity index (χ1) is 7.58. The molecule has 82 valence electrons. The number of hydrogen-bond donors (Lipinski definition) is 0. The summed E-state index contributed by atoms with van der Waals surface area (Å²) >= 11 is 0. The number of rotatable bonds is 2. The van der Waals surface area contributed by atoms with Crippen LogP contribution in [0, 0.1) is 22.9 Å². The van der Waals surface area contributed by atoms with Crippen molar-refractivity contribution in [3.8, 4) is 11.5 Å². The van der Waals surface area contributed by atoms with E-state index in [0.29, 0.717) is 0 Å². The molecule has 2 aromatic rings. The van der Waals surface area contributed by atoms with Crippen LogP contribution in [0.3, 0.4) is 0 Å². The lowest BCUT2D eigenvalue weighted by molar-refractivity contribution is -0.384. The van der Waals surface area contributed by atoms with Crippen molar-refractivity contribution < 1.29 is 13.7 Å². The number of aryl methyl sites for hydroxylation is 1. The number of hydrogen-bond acceptors (Lipinski definition) is 5. The molecule has 0 aliphatic carbocycles. The van der Waals surface area contributed by atoms with Gasteiger partial charge < -0.3 is 4.42 Å². The van der Waals surface area contributed by atoms with Crippen LogP contribution in [0.15, 0.2) is 22.6 Å². The predicted molar refractivity (Wildman–Crippen MR) is 51.1 cm³/mol. The van der Waals surface area contributed by atoms with Gasteiger partial charge in [0.25, 0.3) is 11.6 Å². The molecule has 7 heteroatoms. The molecule has 0 aliphatic rings. The topological polar surface area (TPSA) is 82.1 Å². The van der Waals surface area contributed by atoms with Crippen molar-refractivity contribution in [3.63, 3.8) is 0 Å². The van der Waals surface area contributed by atoms with E-state index in [1.165, 1.54) is 0 Å². The molecule has 0 saturated heterocycles. The lowest BCUT2D eigenvalue weighted by Crippen LogP contribution is -1.91. The number of halogens is 1. The lowest BCUT2D eigenvalue weighted by atomic mass is 10.2. The fourth-order valence-corrected chi connectivity index (χ4v) is 1.20. The Morgan fingerprint density at radius 1 is 1.44 bits per heavy atom. The maximum atomic E-state index is 13.4. The van der Waals surface area contributed by atoms with E-state index >= 15 is 0 Å². The molecule has 0 fully saturated rings. The second-order valence-corrected chi connectivity index (χ2v) is 3.05. The Bertz CT molecular complexity index is 553. The average Bonchev–Trinajstić information content (AvgIpc) is 2.65. The summed E-state index contributed by atoms with van der Waals surface area (Å²) < 4.78 is 18.4. The van der Waals surface area contributed by atoms with Crippen molar-refractivity contribution in [3.05, 3.63) is 40.0 Å². The van der Waals surface area contributed by atoms with Gasteiger partial charge in [0.05, 0.1) is 10.5 Å². The zero-order chi connectivity index (χ0) is 11.7. The van der Waals surface area contributed by atoms with E-state index in [2.05, 4.69) is 10.2 Å². The Hall–Kier alpha value is -2.31. The summed E-state index contributed by atoms with van der Waals surface area (Å²) in [5, 5.41) is 17.6. The van der Waals surface area contributed by atoms with Crippen LogP contribution < -0.4 is 0 Å². The number of aromatic nitrogens is 2. The zero-order valence-electron chi connectivity index (χ0n) is 8.18. The molecular weight excluding hydrogens is 217 g/mol. The summed E-state index contributed by atoms with van der Waals surface area (Å²) in [6.07, 6.45) is 0. The molecule has 0 N–H and O–H groups in total. The molecule has 1 aromatic carbocycles. The molecule has 0 radical (unpaired) electrons. The van der Waals surface area contributed by atoms with Gasteiger partial charge in [-0.2, -0.15) is 0 Å². The SMILES string of the molecule is Cc1nnc(-c2cc([N+](=O)[O-])ccc2F)o1. The van der Waals surface area contributed by atoms with Gasteiger partial charge in [0.1, 0.15) is 5.82 Å². The summed E-state index contributed by atoms with van der Waals surface area (Å²) in [6, 6.07) is 3.12. The fourth-order valence-electron chi connectivity index (χ4n) is 1.20. The number of nitrogens with zero attached hydrogens (tertiary/aromatic N) is 3. The van der Waals surface area contributed by atoms with Crippen LogP contribution in [0.4, 0.5) is 10.1 Å². The Morgan fingerprint density at radius 3 is 2.75 bits per heavy atom. The fraction of sp³-hybridized carbons (Fsp3) is 0.111. The first kappa shape index (κ1) is 10.2. The smallest absolute Gasteiger partial charge is 0.270 e. The van der Waals surface area contributed by atoms with Gasteiger partial charge in [-0.3, -0.25) is 10.1 Å². The molecule has 0 spiro atoms. The first-order valence-electron chi connectivity index (χ1n) is 4.32. The first-order valence-corrected chi connectivity index (χ1v) is 4.32. The molecular formula is C9H6FN3O3. The van der Waals surface area contributed by atoms with Crippen LogP contribution in [0.2, 0.25) is 0 Å². The lowest BCUT2D eigenvalue weighted by Gasteiger charge is -1.97. The van der Waals surface area contributed by atoms with Crippen LogP contribution in [-0.2, 0) is 0 Å².